The molecule has 0 spiro atoms. The number of likely N-dealkylation sites (N-methyl/N-ethyl adjacent to an activating group) is 1. The molecule has 4 heteroatoms. The van der Waals surface area contributed by atoms with Crippen molar-refractivity contribution in [3.05, 3.63) is 29.8 Å². The van der Waals surface area contributed by atoms with E-state index < -0.39 is 0 Å². The maximum atomic E-state index is 12.2. The molecule has 1 aromatic rings. The molecular formula is C16H23N3O. The van der Waals surface area contributed by atoms with Crippen LogP contribution in [0.1, 0.15) is 32.8 Å². The second-order valence-corrected chi connectivity index (χ2v) is 5.28. The van der Waals surface area contributed by atoms with E-state index in [2.05, 4.69) is 25.2 Å². The Bertz CT molecular complexity index is 493. The third-order valence-electron chi connectivity index (χ3n) is 3.64. The van der Waals surface area contributed by atoms with Gasteiger partial charge >= 0.3 is 0 Å². The third kappa shape index (κ3) is 4.36. The van der Waals surface area contributed by atoms with Gasteiger partial charge in [0.15, 0.2) is 0 Å². The van der Waals surface area contributed by atoms with Crippen molar-refractivity contribution in [3.8, 4) is 6.07 Å². The number of amides is 1. The predicted octanol–water partition coefficient (Wildman–Crippen LogP) is 2.86. The SMILES string of the molecule is CCC(C)CN(C)C(C)C(=O)Nc1ccccc1C#N. The summed E-state index contributed by atoms with van der Waals surface area (Å²) in [6.07, 6.45) is 1.09. The number of nitriles is 1. The summed E-state index contributed by atoms with van der Waals surface area (Å²) < 4.78 is 0. The highest BCUT2D eigenvalue weighted by atomic mass is 16.2. The summed E-state index contributed by atoms with van der Waals surface area (Å²) in [5, 5.41) is 11.8. The Hall–Kier alpha value is -1.86. The van der Waals surface area contributed by atoms with Gasteiger partial charge in [0, 0.05) is 6.54 Å². The smallest absolute Gasteiger partial charge is 0.241 e. The zero-order valence-electron chi connectivity index (χ0n) is 12.7. The molecule has 4 nitrogen and oxygen atoms in total. The van der Waals surface area contributed by atoms with Gasteiger partial charge in [0.1, 0.15) is 6.07 Å². The van der Waals surface area contributed by atoms with Gasteiger partial charge in [0.2, 0.25) is 5.91 Å². The molecule has 1 aromatic carbocycles. The van der Waals surface area contributed by atoms with E-state index >= 15 is 0 Å². The number of carbonyl (C=O) groups excluding carboxylic acids is 1. The van der Waals surface area contributed by atoms with Crippen molar-refractivity contribution in [2.45, 2.75) is 33.2 Å². The lowest BCUT2D eigenvalue weighted by molar-refractivity contribution is -0.120. The third-order valence-corrected chi connectivity index (χ3v) is 3.64. The van der Waals surface area contributed by atoms with E-state index in [1.807, 2.05) is 24.9 Å². The minimum Gasteiger partial charge on any atom is -0.324 e. The molecule has 0 bridgehead atoms. The predicted molar refractivity (Wildman–Crippen MR) is 81.3 cm³/mol. The molecule has 0 aliphatic heterocycles. The first-order valence-corrected chi connectivity index (χ1v) is 6.99. The molecular weight excluding hydrogens is 250 g/mol. The number of hydrogen-bond acceptors (Lipinski definition) is 3. The molecule has 0 aromatic heterocycles. The maximum Gasteiger partial charge on any atom is 0.241 e. The van der Waals surface area contributed by atoms with E-state index in [-0.39, 0.29) is 11.9 Å². The van der Waals surface area contributed by atoms with Gasteiger partial charge in [-0.2, -0.15) is 5.26 Å². The highest BCUT2D eigenvalue weighted by molar-refractivity contribution is 5.95. The molecule has 1 amide bonds. The van der Waals surface area contributed by atoms with Crippen molar-refractivity contribution >= 4 is 11.6 Å². The molecule has 0 saturated heterocycles. The highest BCUT2D eigenvalue weighted by Crippen LogP contribution is 2.15. The van der Waals surface area contributed by atoms with Crippen molar-refractivity contribution in [1.29, 1.82) is 5.26 Å². The van der Waals surface area contributed by atoms with Crippen LogP contribution in [0, 0.1) is 17.2 Å². The lowest BCUT2D eigenvalue weighted by Gasteiger charge is -2.26. The Morgan fingerprint density at radius 1 is 1.40 bits per heavy atom. The summed E-state index contributed by atoms with van der Waals surface area (Å²) in [7, 11) is 1.95. The minimum absolute atomic E-state index is 0.0847. The fourth-order valence-electron chi connectivity index (χ4n) is 1.91. The summed E-state index contributed by atoms with van der Waals surface area (Å²) in [6, 6.07) is 8.90. The number of benzene rings is 1. The average Bonchev–Trinajstić information content (AvgIpc) is 2.46. The van der Waals surface area contributed by atoms with Gasteiger partial charge in [-0.15, -0.1) is 0 Å². The molecule has 1 rings (SSSR count). The fraction of sp³-hybridized carbons (Fsp3) is 0.500. The van der Waals surface area contributed by atoms with Crippen molar-refractivity contribution in [3.63, 3.8) is 0 Å². The molecule has 108 valence electrons. The maximum absolute atomic E-state index is 12.2. The van der Waals surface area contributed by atoms with E-state index in [9.17, 15) is 4.79 Å². The molecule has 0 fully saturated rings. The van der Waals surface area contributed by atoms with Gasteiger partial charge in [0.25, 0.3) is 0 Å². The lowest BCUT2D eigenvalue weighted by Crippen LogP contribution is -2.41. The molecule has 20 heavy (non-hydrogen) atoms. The lowest BCUT2D eigenvalue weighted by atomic mass is 10.1. The Labute approximate surface area is 121 Å². The summed E-state index contributed by atoms with van der Waals surface area (Å²) in [4.78, 5) is 14.3. The van der Waals surface area contributed by atoms with E-state index in [1.165, 1.54) is 0 Å². The molecule has 0 heterocycles. The Kier molecular flexibility index (Phi) is 6.20. The Morgan fingerprint density at radius 3 is 2.65 bits per heavy atom. The van der Waals surface area contributed by atoms with Crippen LogP contribution in [-0.2, 0) is 4.79 Å². The first kappa shape index (κ1) is 16.2. The van der Waals surface area contributed by atoms with Crippen LogP contribution < -0.4 is 5.32 Å². The van der Waals surface area contributed by atoms with Crippen LogP contribution in [0.2, 0.25) is 0 Å². The summed E-state index contributed by atoms with van der Waals surface area (Å²) in [5.74, 6) is 0.472. The van der Waals surface area contributed by atoms with Crippen molar-refractivity contribution in [1.82, 2.24) is 4.90 Å². The van der Waals surface area contributed by atoms with Crippen LogP contribution in [0.3, 0.4) is 0 Å². The van der Waals surface area contributed by atoms with Crippen LogP contribution in [0.15, 0.2) is 24.3 Å². The quantitative estimate of drug-likeness (QED) is 0.867. The molecule has 2 unspecified atom stereocenters. The first-order chi connectivity index (χ1) is 9.49. The highest BCUT2D eigenvalue weighted by Gasteiger charge is 2.20. The van der Waals surface area contributed by atoms with E-state index in [0.717, 1.165) is 13.0 Å². The topological polar surface area (TPSA) is 56.1 Å². The van der Waals surface area contributed by atoms with E-state index in [0.29, 0.717) is 17.2 Å². The first-order valence-electron chi connectivity index (χ1n) is 6.99. The van der Waals surface area contributed by atoms with Crippen molar-refractivity contribution < 1.29 is 4.79 Å². The van der Waals surface area contributed by atoms with Crippen molar-refractivity contribution in [2.75, 3.05) is 18.9 Å². The molecule has 0 radical (unpaired) electrons. The standard InChI is InChI=1S/C16H23N3O/c1-5-12(2)11-19(4)13(3)16(20)18-15-9-7-6-8-14(15)10-17/h6-9,12-13H,5,11H2,1-4H3,(H,18,20). The fourth-order valence-corrected chi connectivity index (χ4v) is 1.91. The number of nitrogens with one attached hydrogen (secondary N) is 1. The monoisotopic (exact) mass is 273 g/mol. The van der Waals surface area contributed by atoms with Crippen LogP contribution in [0.5, 0.6) is 0 Å². The molecule has 2 atom stereocenters. The minimum atomic E-state index is -0.226. The number of para-hydroxylation sites is 1. The van der Waals surface area contributed by atoms with Crippen LogP contribution in [-0.4, -0.2) is 30.4 Å². The number of anilines is 1. The van der Waals surface area contributed by atoms with Crippen LogP contribution in [0.4, 0.5) is 5.69 Å². The van der Waals surface area contributed by atoms with Gasteiger partial charge < -0.3 is 5.32 Å². The number of hydrogen-bond donors (Lipinski definition) is 1. The summed E-state index contributed by atoms with van der Waals surface area (Å²) >= 11 is 0. The van der Waals surface area contributed by atoms with E-state index in [1.54, 1.807) is 18.2 Å². The molecule has 0 aliphatic rings. The zero-order chi connectivity index (χ0) is 15.1. The number of rotatable bonds is 6. The normalized spacial score (nSPS) is 13.6. The van der Waals surface area contributed by atoms with Crippen LogP contribution in [0.25, 0.3) is 0 Å². The average molecular weight is 273 g/mol. The Balaban J connectivity index is 2.68. The second-order valence-electron chi connectivity index (χ2n) is 5.28. The van der Waals surface area contributed by atoms with Gasteiger partial charge in [-0.1, -0.05) is 32.4 Å². The van der Waals surface area contributed by atoms with E-state index in [4.69, 9.17) is 5.26 Å². The summed E-state index contributed by atoms with van der Waals surface area (Å²) in [6.45, 7) is 7.08. The van der Waals surface area contributed by atoms with Gasteiger partial charge in [0.05, 0.1) is 17.3 Å². The largest absolute Gasteiger partial charge is 0.324 e. The second kappa shape index (κ2) is 7.66. The molecule has 0 aliphatic carbocycles. The van der Waals surface area contributed by atoms with Gasteiger partial charge in [-0.05, 0) is 32.0 Å². The molecule has 1 N–H and O–H groups in total. The van der Waals surface area contributed by atoms with Crippen LogP contribution >= 0.6 is 0 Å². The number of nitrogens with zero attached hydrogens (tertiary/aromatic N) is 2. The van der Waals surface area contributed by atoms with Crippen molar-refractivity contribution in [2.24, 2.45) is 5.92 Å². The number of carbonyl (C=O) groups is 1. The van der Waals surface area contributed by atoms with Gasteiger partial charge in [-0.25, -0.2) is 0 Å². The zero-order valence-corrected chi connectivity index (χ0v) is 12.7. The summed E-state index contributed by atoms with van der Waals surface area (Å²) in [5.41, 5.74) is 1.06. The Morgan fingerprint density at radius 2 is 2.05 bits per heavy atom. The van der Waals surface area contributed by atoms with Gasteiger partial charge in [-0.3, -0.25) is 9.69 Å². The molecule has 0 saturated carbocycles.